The van der Waals surface area contributed by atoms with E-state index >= 15 is 0 Å². The van der Waals surface area contributed by atoms with Gasteiger partial charge in [0.15, 0.2) is 0 Å². The van der Waals surface area contributed by atoms with E-state index in [2.05, 4.69) is 18.5 Å². The maximum absolute atomic E-state index is 11.5. The van der Waals surface area contributed by atoms with Gasteiger partial charge in [0, 0.05) is 24.9 Å². The maximum atomic E-state index is 11.5. The van der Waals surface area contributed by atoms with Gasteiger partial charge in [-0.25, -0.2) is 0 Å². The fourth-order valence-electron chi connectivity index (χ4n) is 0.878. The Bertz CT molecular complexity index is 174. The van der Waals surface area contributed by atoms with Crippen molar-refractivity contribution in [2.24, 2.45) is 0 Å². The molecule has 84 valence electrons. The van der Waals surface area contributed by atoms with Crippen molar-refractivity contribution < 1.29 is 4.79 Å². The van der Waals surface area contributed by atoms with Gasteiger partial charge in [0.25, 0.3) is 0 Å². The lowest BCUT2D eigenvalue weighted by atomic mass is 10.3. The Labute approximate surface area is 91.6 Å². The summed E-state index contributed by atoms with van der Waals surface area (Å²) in [6.07, 6.45) is 2.08. The number of hydrogen-bond acceptors (Lipinski definition) is 3. The molecule has 1 atom stereocenters. The van der Waals surface area contributed by atoms with E-state index in [0.29, 0.717) is 11.8 Å². The van der Waals surface area contributed by atoms with Crippen LogP contribution in [-0.2, 0) is 4.79 Å². The van der Waals surface area contributed by atoms with E-state index in [9.17, 15) is 4.79 Å². The van der Waals surface area contributed by atoms with Crippen molar-refractivity contribution in [1.29, 1.82) is 0 Å². The first-order valence-corrected chi connectivity index (χ1v) is 6.27. The van der Waals surface area contributed by atoms with Crippen LogP contribution in [0.25, 0.3) is 0 Å². The van der Waals surface area contributed by atoms with Crippen molar-refractivity contribution in [2.75, 3.05) is 26.4 Å². The number of carbonyl (C=O) groups is 1. The lowest BCUT2D eigenvalue weighted by Crippen LogP contribution is -2.40. The van der Waals surface area contributed by atoms with Gasteiger partial charge in [0.1, 0.15) is 0 Å². The minimum atomic E-state index is 0.160. The summed E-state index contributed by atoms with van der Waals surface area (Å²) in [5, 5.41) is 3.72. The van der Waals surface area contributed by atoms with Crippen molar-refractivity contribution in [3.05, 3.63) is 0 Å². The average molecular weight is 218 g/mol. The molecule has 0 saturated carbocycles. The Morgan fingerprint density at radius 2 is 2.00 bits per heavy atom. The summed E-state index contributed by atoms with van der Waals surface area (Å²) >= 11 is 1.80. The summed E-state index contributed by atoms with van der Waals surface area (Å²) in [7, 11) is 1.84. The van der Waals surface area contributed by atoms with Gasteiger partial charge in [-0.05, 0) is 20.1 Å². The van der Waals surface area contributed by atoms with Crippen LogP contribution in [-0.4, -0.2) is 48.5 Å². The fourth-order valence-corrected chi connectivity index (χ4v) is 1.16. The normalized spacial score (nSPS) is 13.0. The molecule has 1 unspecified atom stereocenters. The quantitative estimate of drug-likeness (QED) is 0.727. The third kappa shape index (κ3) is 5.50. The van der Waals surface area contributed by atoms with E-state index < -0.39 is 0 Å². The van der Waals surface area contributed by atoms with Crippen molar-refractivity contribution in [2.45, 2.75) is 32.1 Å². The molecule has 0 rings (SSSR count). The zero-order chi connectivity index (χ0) is 11.1. The number of amides is 1. The van der Waals surface area contributed by atoms with E-state index in [1.54, 1.807) is 16.7 Å². The topological polar surface area (TPSA) is 32.3 Å². The molecule has 0 bridgehead atoms. The summed E-state index contributed by atoms with van der Waals surface area (Å²) < 4.78 is 0. The van der Waals surface area contributed by atoms with Crippen LogP contribution in [0.5, 0.6) is 0 Å². The second kappa shape index (κ2) is 7.12. The predicted octanol–water partition coefficient (Wildman–Crippen LogP) is 1.19. The van der Waals surface area contributed by atoms with Gasteiger partial charge >= 0.3 is 0 Å². The SMILES string of the molecule is CSC(C)CNCC(=O)N(C)C(C)C. The van der Waals surface area contributed by atoms with Crippen LogP contribution < -0.4 is 5.32 Å². The van der Waals surface area contributed by atoms with Crippen molar-refractivity contribution in [3.8, 4) is 0 Å². The second-order valence-corrected chi connectivity index (χ2v) is 5.05. The Morgan fingerprint density at radius 3 is 2.43 bits per heavy atom. The number of rotatable bonds is 6. The molecule has 0 aromatic rings. The highest BCUT2D eigenvalue weighted by atomic mass is 32.2. The Hall–Kier alpha value is -0.220. The Balaban J connectivity index is 3.64. The fraction of sp³-hybridized carbons (Fsp3) is 0.900. The van der Waals surface area contributed by atoms with Crippen LogP contribution in [0.2, 0.25) is 0 Å². The predicted molar refractivity (Wildman–Crippen MR) is 63.8 cm³/mol. The first-order valence-electron chi connectivity index (χ1n) is 4.98. The summed E-state index contributed by atoms with van der Waals surface area (Å²) in [4.78, 5) is 13.3. The molecular weight excluding hydrogens is 196 g/mol. The zero-order valence-corrected chi connectivity index (χ0v) is 10.6. The third-order valence-corrected chi connectivity index (χ3v) is 3.25. The summed E-state index contributed by atoms with van der Waals surface area (Å²) in [5.41, 5.74) is 0. The van der Waals surface area contributed by atoms with Gasteiger partial charge in [-0.2, -0.15) is 11.8 Å². The number of likely N-dealkylation sites (N-methyl/N-ethyl adjacent to an activating group) is 1. The van der Waals surface area contributed by atoms with Gasteiger partial charge < -0.3 is 10.2 Å². The van der Waals surface area contributed by atoms with Gasteiger partial charge in [-0.15, -0.1) is 0 Å². The summed E-state index contributed by atoms with van der Waals surface area (Å²) in [5.74, 6) is 0.160. The van der Waals surface area contributed by atoms with Crippen LogP contribution in [0.4, 0.5) is 0 Å². The van der Waals surface area contributed by atoms with Gasteiger partial charge in [0.2, 0.25) is 5.91 Å². The molecule has 0 saturated heterocycles. The molecule has 0 aromatic carbocycles. The number of nitrogens with one attached hydrogen (secondary N) is 1. The number of carbonyl (C=O) groups excluding carboxylic acids is 1. The van der Waals surface area contributed by atoms with Gasteiger partial charge in [0.05, 0.1) is 6.54 Å². The van der Waals surface area contributed by atoms with Crippen LogP contribution in [0.15, 0.2) is 0 Å². The highest BCUT2D eigenvalue weighted by Crippen LogP contribution is 2.02. The Morgan fingerprint density at radius 1 is 1.43 bits per heavy atom. The van der Waals surface area contributed by atoms with E-state index in [-0.39, 0.29) is 11.9 Å². The van der Waals surface area contributed by atoms with Crippen LogP contribution in [0.1, 0.15) is 20.8 Å². The van der Waals surface area contributed by atoms with Gasteiger partial charge in [-0.3, -0.25) is 4.79 Å². The second-order valence-electron chi connectivity index (χ2n) is 3.78. The molecule has 0 fully saturated rings. The van der Waals surface area contributed by atoms with E-state index in [0.717, 1.165) is 6.54 Å². The molecule has 1 amide bonds. The molecular formula is C10H22N2OS. The molecule has 0 aliphatic carbocycles. The molecule has 0 aromatic heterocycles. The monoisotopic (exact) mass is 218 g/mol. The number of nitrogens with zero attached hydrogens (tertiary/aromatic N) is 1. The molecule has 0 aliphatic rings. The first-order chi connectivity index (χ1) is 6.49. The minimum Gasteiger partial charge on any atom is -0.342 e. The zero-order valence-electron chi connectivity index (χ0n) is 9.83. The van der Waals surface area contributed by atoms with E-state index in [1.165, 1.54) is 0 Å². The maximum Gasteiger partial charge on any atom is 0.236 e. The minimum absolute atomic E-state index is 0.160. The molecule has 0 spiro atoms. The largest absolute Gasteiger partial charge is 0.342 e. The smallest absolute Gasteiger partial charge is 0.236 e. The average Bonchev–Trinajstić information content (AvgIpc) is 2.15. The molecule has 0 heterocycles. The van der Waals surface area contributed by atoms with Crippen molar-refractivity contribution in [1.82, 2.24) is 10.2 Å². The number of thioether (sulfide) groups is 1. The molecule has 0 aliphatic heterocycles. The first kappa shape index (κ1) is 13.8. The molecule has 3 nitrogen and oxygen atoms in total. The highest BCUT2D eigenvalue weighted by Gasteiger charge is 2.11. The van der Waals surface area contributed by atoms with E-state index in [4.69, 9.17) is 0 Å². The van der Waals surface area contributed by atoms with Crippen LogP contribution in [0.3, 0.4) is 0 Å². The Kier molecular flexibility index (Phi) is 7.01. The molecule has 14 heavy (non-hydrogen) atoms. The molecule has 0 radical (unpaired) electrons. The molecule has 4 heteroatoms. The van der Waals surface area contributed by atoms with Crippen molar-refractivity contribution >= 4 is 17.7 Å². The van der Waals surface area contributed by atoms with Crippen LogP contribution in [0, 0.1) is 0 Å². The van der Waals surface area contributed by atoms with Gasteiger partial charge in [-0.1, -0.05) is 6.92 Å². The highest BCUT2D eigenvalue weighted by molar-refractivity contribution is 7.99. The lowest BCUT2D eigenvalue weighted by Gasteiger charge is -2.21. The van der Waals surface area contributed by atoms with Crippen LogP contribution >= 0.6 is 11.8 Å². The standard InChI is InChI=1S/C10H22N2OS/c1-8(2)12(4)10(13)7-11-6-9(3)14-5/h8-9,11H,6-7H2,1-5H3. The lowest BCUT2D eigenvalue weighted by molar-refractivity contribution is -0.130. The van der Waals surface area contributed by atoms with E-state index in [1.807, 2.05) is 20.9 Å². The third-order valence-electron chi connectivity index (χ3n) is 2.28. The number of hydrogen-bond donors (Lipinski definition) is 1. The summed E-state index contributed by atoms with van der Waals surface area (Å²) in [6.45, 7) is 7.51. The summed E-state index contributed by atoms with van der Waals surface area (Å²) in [6, 6.07) is 0.280. The molecule has 1 N–H and O–H groups in total. The van der Waals surface area contributed by atoms with Crippen molar-refractivity contribution in [3.63, 3.8) is 0 Å².